The first-order valence-corrected chi connectivity index (χ1v) is 5.44. The third kappa shape index (κ3) is 6.13. The Kier molecular flexibility index (Phi) is 5.68. The molecule has 0 spiro atoms. The summed E-state index contributed by atoms with van der Waals surface area (Å²) in [5, 5.41) is 8.11. The Morgan fingerprint density at radius 3 is 2.67 bits per heavy atom. The molecular formula is C7H13NO3S. The minimum absolute atomic E-state index is 0.0253. The number of rotatable bonds is 6. The molecule has 0 aromatic rings. The fourth-order valence-electron chi connectivity index (χ4n) is 0.594. The molecule has 0 amide bonds. The lowest BCUT2D eigenvalue weighted by atomic mass is 10.4. The van der Waals surface area contributed by atoms with Crippen LogP contribution in [0.15, 0.2) is 0 Å². The van der Waals surface area contributed by atoms with E-state index in [2.05, 4.69) is 4.18 Å². The fourth-order valence-corrected chi connectivity index (χ4v) is 1.69. The molecule has 0 aliphatic heterocycles. The number of nitrogens with zero attached hydrogens (tertiary/aromatic N) is 1. The van der Waals surface area contributed by atoms with E-state index in [0.717, 1.165) is 6.42 Å². The van der Waals surface area contributed by atoms with Gasteiger partial charge in [-0.05, 0) is 6.42 Å². The number of hydrogen-bond donors (Lipinski definition) is 0. The van der Waals surface area contributed by atoms with E-state index in [1.807, 2.05) is 6.92 Å². The molecule has 4 nitrogen and oxygen atoms in total. The summed E-state index contributed by atoms with van der Waals surface area (Å²) in [4.78, 5) is 0. The third-order valence-corrected chi connectivity index (χ3v) is 2.54. The van der Waals surface area contributed by atoms with E-state index < -0.39 is 10.1 Å². The Balaban J connectivity index is 3.67. The summed E-state index contributed by atoms with van der Waals surface area (Å²) in [6, 6.07) is 1.81. The summed E-state index contributed by atoms with van der Waals surface area (Å²) in [5.41, 5.74) is 0. The molecule has 0 aliphatic rings. The van der Waals surface area contributed by atoms with E-state index in [9.17, 15) is 8.42 Å². The van der Waals surface area contributed by atoms with Crippen LogP contribution in [0.2, 0.25) is 0 Å². The van der Waals surface area contributed by atoms with Crippen LogP contribution in [0.3, 0.4) is 0 Å². The largest absolute Gasteiger partial charge is 0.269 e. The Morgan fingerprint density at radius 1 is 1.50 bits per heavy atom. The predicted molar refractivity (Wildman–Crippen MR) is 44.9 cm³/mol. The van der Waals surface area contributed by atoms with Crippen molar-refractivity contribution < 1.29 is 12.6 Å². The van der Waals surface area contributed by atoms with Gasteiger partial charge >= 0.3 is 0 Å². The van der Waals surface area contributed by atoms with E-state index in [1.165, 1.54) is 0 Å². The average molecular weight is 191 g/mol. The summed E-state index contributed by atoms with van der Waals surface area (Å²) in [6.45, 7) is 1.88. The second-order valence-electron chi connectivity index (χ2n) is 2.35. The first-order valence-electron chi connectivity index (χ1n) is 3.86. The van der Waals surface area contributed by atoms with E-state index >= 15 is 0 Å². The molecule has 0 unspecified atom stereocenters. The molecular weight excluding hydrogens is 178 g/mol. The minimum atomic E-state index is -3.37. The Morgan fingerprint density at radius 2 is 2.17 bits per heavy atom. The van der Waals surface area contributed by atoms with Crippen molar-refractivity contribution in [3.05, 3.63) is 0 Å². The van der Waals surface area contributed by atoms with Gasteiger partial charge in [0.1, 0.15) is 0 Å². The molecule has 0 rings (SSSR count). The molecule has 0 heterocycles. The van der Waals surface area contributed by atoms with Gasteiger partial charge in [-0.2, -0.15) is 13.7 Å². The quantitative estimate of drug-likeness (QED) is 0.465. The summed E-state index contributed by atoms with van der Waals surface area (Å²) in [6.07, 6.45) is 1.54. The van der Waals surface area contributed by atoms with Crippen LogP contribution in [0.1, 0.15) is 26.2 Å². The zero-order valence-corrected chi connectivity index (χ0v) is 7.93. The van der Waals surface area contributed by atoms with Crippen molar-refractivity contribution in [2.24, 2.45) is 0 Å². The maximum atomic E-state index is 10.9. The number of nitriles is 1. The van der Waals surface area contributed by atoms with Gasteiger partial charge in [-0.3, -0.25) is 4.18 Å². The monoisotopic (exact) mass is 191 g/mol. The molecule has 0 N–H and O–H groups in total. The van der Waals surface area contributed by atoms with Gasteiger partial charge in [-0.1, -0.05) is 13.3 Å². The van der Waals surface area contributed by atoms with Crippen LogP contribution in [-0.4, -0.2) is 20.8 Å². The lowest BCUT2D eigenvalue weighted by Crippen LogP contribution is -2.11. The van der Waals surface area contributed by atoms with Crippen LogP contribution >= 0.6 is 0 Å². The lowest BCUT2D eigenvalue weighted by molar-refractivity contribution is 0.325. The van der Waals surface area contributed by atoms with Crippen LogP contribution < -0.4 is 0 Å². The van der Waals surface area contributed by atoms with Gasteiger partial charge < -0.3 is 0 Å². The smallest absolute Gasteiger partial charge is 0.267 e. The average Bonchev–Trinajstić information content (AvgIpc) is 2.01. The van der Waals surface area contributed by atoms with Gasteiger partial charge in [-0.25, -0.2) is 0 Å². The van der Waals surface area contributed by atoms with E-state index in [0.29, 0.717) is 6.42 Å². The van der Waals surface area contributed by atoms with Crippen LogP contribution in [0.25, 0.3) is 0 Å². The Labute approximate surface area is 73.3 Å². The van der Waals surface area contributed by atoms with Crippen molar-refractivity contribution in [3.63, 3.8) is 0 Å². The van der Waals surface area contributed by atoms with Gasteiger partial charge in [-0.15, -0.1) is 0 Å². The highest BCUT2D eigenvalue weighted by Crippen LogP contribution is 1.99. The van der Waals surface area contributed by atoms with E-state index in [1.54, 1.807) is 6.07 Å². The summed E-state index contributed by atoms with van der Waals surface area (Å²) in [5.74, 6) is 0.0505. The third-order valence-electron chi connectivity index (χ3n) is 1.22. The van der Waals surface area contributed by atoms with Gasteiger partial charge in [0.25, 0.3) is 10.1 Å². The summed E-state index contributed by atoms with van der Waals surface area (Å²) >= 11 is 0. The van der Waals surface area contributed by atoms with Crippen LogP contribution in [-0.2, 0) is 14.3 Å². The van der Waals surface area contributed by atoms with E-state index in [-0.39, 0.29) is 18.8 Å². The van der Waals surface area contributed by atoms with Crippen molar-refractivity contribution in [3.8, 4) is 6.07 Å². The number of unbranched alkanes of at least 4 members (excludes halogenated alkanes) is 1. The van der Waals surface area contributed by atoms with Gasteiger partial charge in [0.05, 0.1) is 24.8 Å². The van der Waals surface area contributed by atoms with Crippen LogP contribution in [0, 0.1) is 11.3 Å². The SMILES string of the molecule is CCCCS(=O)(=O)OCCC#N. The molecule has 0 aromatic carbocycles. The molecule has 0 saturated heterocycles. The highest BCUT2D eigenvalue weighted by atomic mass is 32.2. The van der Waals surface area contributed by atoms with Gasteiger partial charge in [0.2, 0.25) is 0 Å². The Bertz CT molecular complexity index is 240. The molecule has 5 heteroatoms. The predicted octanol–water partition coefficient (Wildman–Crippen LogP) is 1.05. The van der Waals surface area contributed by atoms with Crippen LogP contribution in [0.4, 0.5) is 0 Å². The van der Waals surface area contributed by atoms with E-state index in [4.69, 9.17) is 5.26 Å². The van der Waals surface area contributed by atoms with Gasteiger partial charge in [0, 0.05) is 0 Å². The number of hydrogen-bond acceptors (Lipinski definition) is 4. The molecule has 0 bridgehead atoms. The normalized spacial score (nSPS) is 11.0. The molecule has 0 aromatic heterocycles. The van der Waals surface area contributed by atoms with Crippen molar-refractivity contribution >= 4 is 10.1 Å². The van der Waals surface area contributed by atoms with Gasteiger partial charge in [0.15, 0.2) is 0 Å². The van der Waals surface area contributed by atoms with Crippen molar-refractivity contribution in [2.45, 2.75) is 26.2 Å². The highest BCUT2D eigenvalue weighted by Gasteiger charge is 2.08. The maximum Gasteiger partial charge on any atom is 0.267 e. The summed E-state index contributed by atoms with van der Waals surface area (Å²) in [7, 11) is -3.37. The first kappa shape index (κ1) is 11.4. The minimum Gasteiger partial charge on any atom is -0.269 e. The van der Waals surface area contributed by atoms with Crippen molar-refractivity contribution in [2.75, 3.05) is 12.4 Å². The topological polar surface area (TPSA) is 67.2 Å². The van der Waals surface area contributed by atoms with Crippen molar-refractivity contribution in [1.82, 2.24) is 0 Å². The molecule has 12 heavy (non-hydrogen) atoms. The standard InChI is InChI=1S/C7H13NO3S/c1-2-3-7-12(9,10)11-6-4-5-8/h2-4,6-7H2,1H3. The van der Waals surface area contributed by atoms with Crippen molar-refractivity contribution in [1.29, 1.82) is 5.26 Å². The zero-order valence-electron chi connectivity index (χ0n) is 7.12. The Hall–Kier alpha value is -0.600. The summed E-state index contributed by atoms with van der Waals surface area (Å²) < 4.78 is 26.4. The highest BCUT2D eigenvalue weighted by molar-refractivity contribution is 7.86. The molecule has 70 valence electrons. The first-order chi connectivity index (χ1) is 5.62. The molecule has 0 saturated carbocycles. The molecule has 0 radical (unpaired) electrons. The second kappa shape index (κ2) is 5.98. The zero-order chi connectivity index (χ0) is 9.45. The lowest BCUT2D eigenvalue weighted by Gasteiger charge is -2.01. The molecule has 0 fully saturated rings. The second-order valence-corrected chi connectivity index (χ2v) is 4.10. The molecule has 0 aliphatic carbocycles. The fraction of sp³-hybridized carbons (Fsp3) is 0.857. The molecule has 0 atom stereocenters. The maximum absolute atomic E-state index is 10.9. The van der Waals surface area contributed by atoms with Crippen LogP contribution in [0.5, 0.6) is 0 Å².